The van der Waals surface area contributed by atoms with Crippen LogP contribution in [0.5, 0.6) is 0 Å². The molecule has 106 valence electrons. The summed E-state index contributed by atoms with van der Waals surface area (Å²) in [6.45, 7) is 5.59. The van der Waals surface area contributed by atoms with E-state index < -0.39 is 0 Å². The molecule has 1 heterocycles. The molecule has 2 aromatic rings. The van der Waals surface area contributed by atoms with Gasteiger partial charge < -0.3 is 10.6 Å². The van der Waals surface area contributed by atoms with Gasteiger partial charge in [0, 0.05) is 18.5 Å². The number of aliphatic imine (C=N–C) groups is 1. The largest absolute Gasteiger partial charge is 0.352 e. The molecule has 0 radical (unpaired) electrons. The van der Waals surface area contributed by atoms with Crippen molar-refractivity contribution in [3.63, 3.8) is 0 Å². The molecule has 2 rings (SSSR count). The van der Waals surface area contributed by atoms with Gasteiger partial charge in [-0.15, -0.1) is 11.3 Å². The summed E-state index contributed by atoms with van der Waals surface area (Å²) in [5.74, 6) is 0.805. The van der Waals surface area contributed by atoms with Gasteiger partial charge in [0.25, 0.3) is 0 Å². The lowest BCUT2D eigenvalue weighted by Gasteiger charge is -2.11. The van der Waals surface area contributed by atoms with E-state index in [9.17, 15) is 0 Å². The van der Waals surface area contributed by atoms with Crippen LogP contribution in [0.1, 0.15) is 21.1 Å². The molecule has 0 fully saturated rings. The van der Waals surface area contributed by atoms with Crippen LogP contribution in [0.15, 0.2) is 35.3 Å². The summed E-state index contributed by atoms with van der Waals surface area (Å²) in [6.07, 6.45) is 0. The highest BCUT2D eigenvalue weighted by Crippen LogP contribution is 2.16. The van der Waals surface area contributed by atoms with Crippen molar-refractivity contribution in [2.24, 2.45) is 4.99 Å². The lowest BCUT2D eigenvalue weighted by molar-refractivity contribution is 0.811. The first kappa shape index (κ1) is 14.5. The maximum Gasteiger partial charge on any atom is 0.191 e. The Balaban J connectivity index is 1.86. The first-order valence-corrected chi connectivity index (χ1v) is 7.42. The maximum absolute atomic E-state index is 4.43. The molecular weight excluding hydrogens is 268 g/mol. The number of aromatic nitrogens is 1. The number of hydrogen-bond acceptors (Lipinski definition) is 3. The van der Waals surface area contributed by atoms with E-state index in [0.29, 0.717) is 0 Å². The van der Waals surface area contributed by atoms with Gasteiger partial charge >= 0.3 is 0 Å². The van der Waals surface area contributed by atoms with Gasteiger partial charge in [-0.3, -0.25) is 4.99 Å². The number of nitrogens with zero attached hydrogens (tertiary/aromatic N) is 2. The van der Waals surface area contributed by atoms with Crippen molar-refractivity contribution in [3.05, 3.63) is 51.5 Å². The number of aryl methyl sites for hydroxylation is 2. The van der Waals surface area contributed by atoms with Gasteiger partial charge in [-0.2, -0.15) is 0 Å². The highest BCUT2D eigenvalue weighted by Gasteiger charge is 2.05. The van der Waals surface area contributed by atoms with Crippen molar-refractivity contribution in [3.8, 4) is 0 Å². The second kappa shape index (κ2) is 7.05. The Kier molecular flexibility index (Phi) is 5.12. The summed E-state index contributed by atoms with van der Waals surface area (Å²) in [7, 11) is 1.78. The quantitative estimate of drug-likeness (QED) is 0.671. The summed E-state index contributed by atoms with van der Waals surface area (Å²) in [4.78, 5) is 9.91. The topological polar surface area (TPSA) is 49.3 Å². The lowest BCUT2D eigenvalue weighted by Crippen LogP contribution is -2.36. The molecule has 0 aliphatic carbocycles. The molecule has 1 aromatic carbocycles. The molecule has 0 unspecified atom stereocenters. The molecule has 0 aliphatic rings. The Morgan fingerprint density at radius 3 is 2.45 bits per heavy atom. The van der Waals surface area contributed by atoms with Crippen LogP contribution in [-0.2, 0) is 13.1 Å². The molecule has 0 spiro atoms. The normalized spacial score (nSPS) is 11.4. The van der Waals surface area contributed by atoms with E-state index in [4.69, 9.17) is 0 Å². The van der Waals surface area contributed by atoms with Crippen LogP contribution in [0.2, 0.25) is 0 Å². The van der Waals surface area contributed by atoms with E-state index in [2.05, 4.69) is 32.7 Å². The van der Waals surface area contributed by atoms with Crippen LogP contribution in [0, 0.1) is 13.8 Å². The predicted molar refractivity (Wildman–Crippen MR) is 85.1 cm³/mol. The van der Waals surface area contributed by atoms with Gasteiger partial charge in [-0.25, -0.2) is 4.98 Å². The molecule has 5 heteroatoms. The van der Waals surface area contributed by atoms with E-state index in [1.165, 1.54) is 10.4 Å². The molecule has 0 saturated carbocycles. The average molecular weight is 288 g/mol. The zero-order valence-electron chi connectivity index (χ0n) is 12.1. The van der Waals surface area contributed by atoms with E-state index in [-0.39, 0.29) is 0 Å². The van der Waals surface area contributed by atoms with Crippen LogP contribution in [0.3, 0.4) is 0 Å². The fraction of sp³-hybridized carbons (Fsp3) is 0.333. The molecule has 4 nitrogen and oxygen atoms in total. The number of hydrogen-bond donors (Lipinski definition) is 2. The van der Waals surface area contributed by atoms with Crippen molar-refractivity contribution in [1.82, 2.24) is 15.6 Å². The first-order valence-electron chi connectivity index (χ1n) is 6.60. The zero-order valence-corrected chi connectivity index (χ0v) is 12.9. The lowest BCUT2D eigenvalue weighted by atomic mass is 10.2. The van der Waals surface area contributed by atoms with E-state index in [0.717, 1.165) is 29.8 Å². The van der Waals surface area contributed by atoms with E-state index >= 15 is 0 Å². The number of rotatable bonds is 4. The van der Waals surface area contributed by atoms with Crippen molar-refractivity contribution < 1.29 is 0 Å². The summed E-state index contributed by atoms with van der Waals surface area (Å²) in [5.41, 5.74) is 2.33. The summed E-state index contributed by atoms with van der Waals surface area (Å²) >= 11 is 1.72. The molecular formula is C15H20N4S. The van der Waals surface area contributed by atoms with Gasteiger partial charge in [-0.1, -0.05) is 30.3 Å². The number of thiazole rings is 1. The number of benzene rings is 1. The smallest absolute Gasteiger partial charge is 0.191 e. The molecule has 0 atom stereocenters. The minimum Gasteiger partial charge on any atom is -0.352 e. The molecule has 20 heavy (non-hydrogen) atoms. The fourth-order valence-electron chi connectivity index (χ4n) is 1.90. The van der Waals surface area contributed by atoms with Gasteiger partial charge in [0.05, 0.1) is 17.2 Å². The van der Waals surface area contributed by atoms with E-state index in [1.807, 2.05) is 32.0 Å². The van der Waals surface area contributed by atoms with Crippen molar-refractivity contribution >= 4 is 17.3 Å². The number of nitrogens with one attached hydrogen (secondary N) is 2. The number of guanidine groups is 1. The van der Waals surface area contributed by atoms with Crippen molar-refractivity contribution in [2.75, 3.05) is 7.05 Å². The van der Waals surface area contributed by atoms with E-state index in [1.54, 1.807) is 18.4 Å². The third-order valence-corrected chi connectivity index (χ3v) is 4.02. The monoisotopic (exact) mass is 288 g/mol. The molecule has 0 amide bonds. The second-order valence-corrected chi connectivity index (χ2v) is 5.79. The van der Waals surface area contributed by atoms with Crippen LogP contribution in [0.4, 0.5) is 0 Å². The Labute approximate surface area is 124 Å². The molecule has 0 bridgehead atoms. The molecule has 1 aromatic heterocycles. The first-order chi connectivity index (χ1) is 9.69. The van der Waals surface area contributed by atoms with Crippen molar-refractivity contribution in [1.29, 1.82) is 0 Å². The van der Waals surface area contributed by atoms with Gasteiger partial charge in [-0.05, 0) is 19.4 Å². The van der Waals surface area contributed by atoms with Crippen LogP contribution < -0.4 is 10.6 Å². The summed E-state index contributed by atoms with van der Waals surface area (Å²) in [6, 6.07) is 10.3. The Morgan fingerprint density at radius 2 is 1.85 bits per heavy atom. The highest BCUT2D eigenvalue weighted by molar-refractivity contribution is 7.11. The SMILES string of the molecule is CN=C(NCc1ccccc1)NCc1sc(C)nc1C. The molecule has 2 N–H and O–H groups in total. The fourth-order valence-corrected chi connectivity index (χ4v) is 2.78. The predicted octanol–water partition coefficient (Wildman–Crippen LogP) is 2.63. The second-order valence-electron chi connectivity index (χ2n) is 4.51. The maximum atomic E-state index is 4.43. The van der Waals surface area contributed by atoms with Crippen LogP contribution in [-0.4, -0.2) is 18.0 Å². The minimum absolute atomic E-state index is 0.756. The standard InChI is InChI=1S/C15H20N4S/c1-11-14(20-12(2)19-11)10-18-15(16-3)17-9-13-7-5-4-6-8-13/h4-8H,9-10H2,1-3H3,(H2,16,17,18). The van der Waals surface area contributed by atoms with Gasteiger partial charge in [0.15, 0.2) is 5.96 Å². The highest BCUT2D eigenvalue weighted by atomic mass is 32.1. The zero-order chi connectivity index (χ0) is 14.4. The third kappa shape index (κ3) is 4.06. The molecule has 0 saturated heterocycles. The van der Waals surface area contributed by atoms with Crippen molar-refractivity contribution in [2.45, 2.75) is 26.9 Å². The van der Waals surface area contributed by atoms with Crippen LogP contribution >= 0.6 is 11.3 Å². The van der Waals surface area contributed by atoms with Crippen LogP contribution in [0.25, 0.3) is 0 Å². The van der Waals surface area contributed by atoms with Gasteiger partial charge in [0.1, 0.15) is 0 Å². The molecule has 0 aliphatic heterocycles. The Hall–Kier alpha value is -1.88. The third-order valence-electron chi connectivity index (χ3n) is 2.94. The average Bonchev–Trinajstić information content (AvgIpc) is 2.78. The minimum atomic E-state index is 0.756. The van der Waals surface area contributed by atoms with Gasteiger partial charge in [0.2, 0.25) is 0 Å². The Bertz CT molecular complexity index is 575. The summed E-state index contributed by atoms with van der Waals surface area (Å²) in [5, 5.41) is 7.73. The Morgan fingerprint density at radius 1 is 1.15 bits per heavy atom. The summed E-state index contributed by atoms with van der Waals surface area (Å²) < 4.78 is 0.